The largest absolute Gasteiger partial charge is 0.444 e. The zero-order valence-electron chi connectivity index (χ0n) is 18.7. The van der Waals surface area contributed by atoms with Crippen molar-refractivity contribution in [3.63, 3.8) is 0 Å². The van der Waals surface area contributed by atoms with Crippen LogP contribution in [0.15, 0.2) is 23.3 Å². The number of likely N-dealkylation sites (tertiary alicyclic amines) is 1. The molecule has 1 aliphatic carbocycles. The summed E-state index contributed by atoms with van der Waals surface area (Å²) in [5, 5.41) is 11.8. The molecule has 0 radical (unpaired) electrons. The number of nitrogens with zero attached hydrogens (tertiary/aromatic N) is 3. The summed E-state index contributed by atoms with van der Waals surface area (Å²) in [5.41, 5.74) is -2.92. The predicted molar refractivity (Wildman–Crippen MR) is 114 cm³/mol. The zero-order chi connectivity index (χ0) is 23.3. The molecule has 2 heterocycles. The topological polar surface area (TPSA) is 84.7 Å². The van der Waals surface area contributed by atoms with E-state index in [1.807, 2.05) is 20.8 Å². The minimum atomic E-state index is -1.25. The molecule has 1 amide bonds. The number of aliphatic hydroxyl groups is 1. The summed E-state index contributed by atoms with van der Waals surface area (Å²) in [6.45, 7) is 6.03. The van der Waals surface area contributed by atoms with Gasteiger partial charge in [-0.3, -0.25) is 9.36 Å². The van der Waals surface area contributed by atoms with Crippen LogP contribution in [0, 0.1) is 17.0 Å². The number of amides is 1. The first-order chi connectivity index (χ1) is 14.9. The molecule has 9 heteroatoms. The molecule has 1 aromatic carbocycles. The van der Waals surface area contributed by atoms with Gasteiger partial charge in [0.15, 0.2) is 11.6 Å². The Labute approximate surface area is 185 Å². The molecule has 2 aromatic rings. The summed E-state index contributed by atoms with van der Waals surface area (Å²) >= 11 is 0. The molecule has 7 nitrogen and oxygen atoms in total. The fourth-order valence-corrected chi connectivity index (χ4v) is 5.13. The summed E-state index contributed by atoms with van der Waals surface area (Å²) in [4.78, 5) is 31.4. The third-order valence-corrected chi connectivity index (χ3v) is 6.79. The van der Waals surface area contributed by atoms with Crippen molar-refractivity contribution in [2.75, 3.05) is 13.1 Å². The van der Waals surface area contributed by atoms with Crippen LogP contribution in [0.5, 0.6) is 0 Å². The van der Waals surface area contributed by atoms with E-state index >= 15 is 0 Å². The normalized spacial score (nSPS) is 23.1. The molecule has 2 fully saturated rings. The molecule has 174 valence electrons. The van der Waals surface area contributed by atoms with Gasteiger partial charge in [0.2, 0.25) is 0 Å². The molecule has 1 saturated heterocycles. The lowest BCUT2D eigenvalue weighted by Crippen LogP contribution is -2.62. The van der Waals surface area contributed by atoms with Gasteiger partial charge in [-0.1, -0.05) is 12.8 Å². The Morgan fingerprint density at radius 3 is 2.50 bits per heavy atom. The first kappa shape index (κ1) is 22.6. The third-order valence-electron chi connectivity index (χ3n) is 6.79. The van der Waals surface area contributed by atoms with Crippen molar-refractivity contribution in [2.24, 2.45) is 5.41 Å². The van der Waals surface area contributed by atoms with E-state index in [4.69, 9.17) is 4.74 Å². The number of ether oxygens (including phenoxy) is 1. The van der Waals surface area contributed by atoms with E-state index in [9.17, 15) is 23.5 Å². The van der Waals surface area contributed by atoms with E-state index in [2.05, 4.69) is 4.98 Å². The Bertz CT molecular complexity index is 1100. The van der Waals surface area contributed by atoms with E-state index in [0.717, 1.165) is 37.8 Å². The molecular formula is C23H29F2N3O4. The number of benzene rings is 1. The predicted octanol–water partition coefficient (Wildman–Crippen LogP) is 3.61. The summed E-state index contributed by atoms with van der Waals surface area (Å²) in [6.07, 6.45) is 4.40. The average molecular weight is 449 g/mol. The van der Waals surface area contributed by atoms with Crippen LogP contribution >= 0.6 is 0 Å². The standard InChI is InChI=1S/C23H29F2N3O4/c1-21(2,3)32-20(30)27-9-8-23(31,22(12-27)6-4-5-7-22)13-28-14-26-18-11-17(25)16(24)10-15(18)19(28)29/h10-11,14,31H,4-9,12-13H2,1-3H3. The van der Waals surface area contributed by atoms with Crippen LogP contribution in [0.25, 0.3) is 10.9 Å². The fraction of sp³-hybridized carbons (Fsp3) is 0.609. The first-order valence-electron chi connectivity index (χ1n) is 11.0. The van der Waals surface area contributed by atoms with Crippen LogP contribution in [0.1, 0.15) is 52.9 Å². The molecule has 1 aliphatic heterocycles. The number of rotatable bonds is 2. The lowest BCUT2D eigenvalue weighted by molar-refractivity contribution is -0.140. The molecule has 0 bridgehead atoms. The molecular weight excluding hydrogens is 420 g/mol. The van der Waals surface area contributed by atoms with Crippen molar-refractivity contribution in [2.45, 2.75) is 70.6 Å². The number of hydrogen-bond donors (Lipinski definition) is 1. The van der Waals surface area contributed by atoms with Gasteiger partial charge in [-0.15, -0.1) is 0 Å². The number of carbonyl (C=O) groups is 1. The number of hydrogen-bond acceptors (Lipinski definition) is 5. The molecule has 2 aliphatic rings. The van der Waals surface area contributed by atoms with Gasteiger partial charge >= 0.3 is 6.09 Å². The maximum Gasteiger partial charge on any atom is 0.410 e. The van der Waals surface area contributed by atoms with E-state index in [0.29, 0.717) is 13.1 Å². The Hall–Kier alpha value is -2.55. The van der Waals surface area contributed by atoms with Crippen molar-refractivity contribution in [1.29, 1.82) is 0 Å². The lowest BCUT2D eigenvalue weighted by Gasteiger charge is -2.52. The van der Waals surface area contributed by atoms with Crippen LogP contribution in [-0.2, 0) is 11.3 Å². The fourth-order valence-electron chi connectivity index (χ4n) is 5.13. The van der Waals surface area contributed by atoms with Crippen LogP contribution in [0.3, 0.4) is 0 Å². The van der Waals surface area contributed by atoms with Crippen molar-refractivity contribution in [3.05, 3.63) is 40.4 Å². The minimum absolute atomic E-state index is 0.0318. The van der Waals surface area contributed by atoms with Crippen molar-refractivity contribution in [3.8, 4) is 0 Å². The number of fused-ring (bicyclic) bond motifs is 1. The zero-order valence-corrected chi connectivity index (χ0v) is 18.7. The molecule has 1 N–H and O–H groups in total. The summed E-state index contributed by atoms with van der Waals surface area (Å²) < 4.78 is 34.0. The average Bonchev–Trinajstić information content (AvgIpc) is 3.17. The summed E-state index contributed by atoms with van der Waals surface area (Å²) in [6, 6.07) is 1.74. The van der Waals surface area contributed by atoms with E-state index in [1.165, 1.54) is 10.9 Å². The van der Waals surface area contributed by atoms with Crippen LogP contribution < -0.4 is 5.56 Å². The van der Waals surface area contributed by atoms with Gasteiger partial charge in [0, 0.05) is 24.6 Å². The van der Waals surface area contributed by atoms with Crippen molar-refractivity contribution >= 4 is 17.0 Å². The number of halogens is 2. The van der Waals surface area contributed by atoms with Crippen molar-refractivity contribution < 1.29 is 23.4 Å². The van der Waals surface area contributed by atoms with Gasteiger partial charge in [0.25, 0.3) is 5.56 Å². The van der Waals surface area contributed by atoms with Crippen LogP contribution in [0.2, 0.25) is 0 Å². The highest BCUT2D eigenvalue weighted by Gasteiger charge is 2.56. The molecule has 4 rings (SSSR count). The van der Waals surface area contributed by atoms with E-state index < -0.39 is 39.9 Å². The maximum absolute atomic E-state index is 13.7. The quantitative estimate of drug-likeness (QED) is 0.757. The van der Waals surface area contributed by atoms with Gasteiger partial charge < -0.3 is 14.7 Å². The van der Waals surface area contributed by atoms with E-state index in [-0.39, 0.29) is 23.9 Å². The number of piperidine rings is 1. The highest BCUT2D eigenvalue weighted by atomic mass is 19.2. The Balaban J connectivity index is 1.65. The second kappa shape index (κ2) is 7.79. The molecule has 1 unspecified atom stereocenters. The summed E-state index contributed by atoms with van der Waals surface area (Å²) in [7, 11) is 0. The summed E-state index contributed by atoms with van der Waals surface area (Å²) in [5.74, 6) is -2.19. The smallest absolute Gasteiger partial charge is 0.410 e. The van der Waals surface area contributed by atoms with E-state index in [1.54, 1.807) is 4.90 Å². The Morgan fingerprint density at radius 1 is 1.19 bits per heavy atom. The highest BCUT2D eigenvalue weighted by molar-refractivity contribution is 5.77. The minimum Gasteiger partial charge on any atom is -0.444 e. The highest BCUT2D eigenvalue weighted by Crippen LogP contribution is 2.51. The van der Waals surface area contributed by atoms with Crippen LogP contribution in [-0.4, -0.2) is 49.9 Å². The van der Waals surface area contributed by atoms with Crippen molar-refractivity contribution in [1.82, 2.24) is 14.5 Å². The monoisotopic (exact) mass is 449 g/mol. The third kappa shape index (κ3) is 3.98. The molecule has 32 heavy (non-hydrogen) atoms. The number of carbonyl (C=O) groups excluding carboxylic acids is 1. The second-order valence-corrected chi connectivity index (χ2v) is 10.1. The first-order valence-corrected chi connectivity index (χ1v) is 11.0. The second-order valence-electron chi connectivity index (χ2n) is 10.1. The van der Waals surface area contributed by atoms with Gasteiger partial charge in [-0.2, -0.15) is 0 Å². The van der Waals surface area contributed by atoms with Gasteiger partial charge in [-0.25, -0.2) is 18.6 Å². The Morgan fingerprint density at radius 2 is 1.84 bits per heavy atom. The SMILES string of the molecule is CC(C)(C)OC(=O)N1CCC(O)(Cn2cnc3cc(F)c(F)cc3c2=O)C2(CCCC2)C1. The van der Waals surface area contributed by atoms with Gasteiger partial charge in [0.1, 0.15) is 5.60 Å². The molecule has 1 aromatic heterocycles. The maximum atomic E-state index is 13.7. The Kier molecular flexibility index (Phi) is 5.51. The molecule has 1 spiro atoms. The van der Waals surface area contributed by atoms with Gasteiger partial charge in [0.05, 0.1) is 29.4 Å². The molecule has 1 atom stereocenters. The van der Waals surface area contributed by atoms with Gasteiger partial charge in [-0.05, 0) is 46.1 Å². The lowest BCUT2D eigenvalue weighted by atomic mass is 9.66. The number of aromatic nitrogens is 2. The van der Waals surface area contributed by atoms with Crippen LogP contribution in [0.4, 0.5) is 13.6 Å². The molecule has 1 saturated carbocycles.